The number of halogens is 1. The van der Waals surface area contributed by atoms with Crippen molar-refractivity contribution in [2.24, 2.45) is 5.10 Å². The molecule has 0 radical (unpaired) electrons. The van der Waals surface area contributed by atoms with Crippen LogP contribution in [0.3, 0.4) is 0 Å². The third-order valence-electron chi connectivity index (χ3n) is 3.13. The Balaban J connectivity index is 1.64. The van der Waals surface area contributed by atoms with Crippen LogP contribution < -0.4 is 10.7 Å². The summed E-state index contributed by atoms with van der Waals surface area (Å²) in [6, 6.07) is 9.29. The summed E-state index contributed by atoms with van der Waals surface area (Å²) < 4.78 is 22.8. The van der Waals surface area contributed by atoms with E-state index in [0.29, 0.717) is 17.3 Å². The maximum Gasteiger partial charge on any atom is 0.245 e. The van der Waals surface area contributed by atoms with E-state index in [0.717, 1.165) is 0 Å². The van der Waals surface area contributed by atoms with Crippen molar-refractivity contribution < 1.29 is 13.4 Å². The molecule has 3 heterocycles. The lowest BCUT2D eigenvalue weighted by atomic mass is 10.3. The fourth-order valence-electron chi connectivity index (χ4n) is 1.99. The molecule has 9 nitrogen and oxygen atoms in total. The van der Waals surface area contributed by atoms with E-state index >= 15 is 0 Å². The number of hydrogen-bond donors (Lipinski definition) is 2. The highest BCUT2D eigenvalue weighted by molar-refractivity contribution is 5.79. The lowest BCUT2D eigenvalue weighted by Crippen LogP contribution is -2.03. The van der Waals surface area contributed by atoms with Crippen molar-refractivity contribution in [3.8, 4) is 0 Å². The van der Waals surface area contributed by atoms with Gasteiger partial charge in [0.2, 0.25) is 11.3 Å². The van der Waals surface area contributed by atoms with Gasteiger partial charge in [-0.25, -0.2) is 14.0 Å². The molecular weight excluding hydrogens is 329 g/mol. The van der Waals surface area contributed by atoms with E-state index in [-0.39, 0.29) is 22.9 Å². The molecule has 0 aliphatic heterocycles. The van der Waals surface area contributed by atoms with Crippen LogP contribution in [0.5, 0.6) is 0 Å². The molecule has 0 bridgehead atoms. The summed E-state index contributed by atoms with van der Waals surface area (Å²) in [5.41, 5.74) is 3.82. The zero-order chi connectivity index (χ0) is 17.1. The van der Waals surface area contributed by atoms with Crippen LogP contribution in [0, 0.1) is 5.82 Å². The van der Waals surface area contributed by atoms with Gasteiger partial charge in [-0.3, -0.25) is 5.43 Å². The molecule has 0 saturated heterocycles. The van der Waals surface area contributed by atoms with E-state index in [2.05, 4.69) is 40.8 Å². The molecule has 0 atom stereocenters. The fourth-order valence-corrected chi connectivity index (χ4v) is 1.99. The Kier molecular flexibility index (Phi) is 3.75. The molecule has 4 rings (SSSR count). The van der Waals surface area contributed by atoms with Crippen LogP contribution in [0.25, 0.3) is 11.3 Å². The number of hydrogen-bond acceptors (Lipinski definition) is 9. The molecule has 0 saturated carbocycles. The van der Waals surface area contributed by atoms with Crippen LogP contribution >= 0.6 is 0 Å². The van der Waals surface area contributed by atoms with Crippen molar-refractivity contribution in [2.75, 3.05) is 10.7 Å². The molecule has 3 aromatic heterocycles. The van der Waals surface area contributed by atoms with Gasteiger partial charge in [-0.15, -0.1) is 0 Å². The summed E-state index contributed by atoms with van der Waals surface area (Å²) in [4.78, 5) is 8.52. The lowest BCUT2D eigenvalue weighted by Gasteiger charge is -2.09. The van der Waals surface area contributed by atoms with Crippen LogP contribution in [-0.2, 0) is 0 Å². The van der Waals surface area contributed by atoms with Gasteiger partial charge in [-0.1, -0.05) is 0 Å². The SMILES string of the molecule is Fc1ccc(Nc2nc3nonc3nc2NN=Cc2ccco2)cc1. The van der Waals surface area contributed by atoms with Gasteiger partial charge in [0.1, 0.15) is 11.6 Å². The molecule has 25 heavy (non-hydrogen) atoms. The minimum absolute atomic E-state index is 0.223. The zero-order valence-corrected chi connectivity index (χ0v) is 12.5. The predicted molar refractivity (Wildman–Crippen MR) is 87.0 cm³/mol. The van der Waals surface area contributed by atoms with Gasteiger partial charge in [0.05, 0.1) is 12.5 Å². The minimum Gasteiger partial charge on any atom is -0.463 e. The van der Waals surface area contributed by atoms with E-state index in [1.54, 1.807) is 24.3 Å². The highest BCUT2D eigenvalue weighted by Crippen LogP contribution is 2.23. The highest BCUT2D eigenvalue weighted by Gasteiger charge is 2.12. The average Bonchev–Trinajstić information content (AvgIpc) is 3.28. The van der Waals surface area contributed by atoms with Crippen molar-refractivity contribution in [1.82, 2.24) is 20.3 Å². The lowest BCUT2D eigenvalue weighted by molar-refractivity contribution is 0.314. The average molecular weight is 339 g/mol. The second kappa shape index (κ2) is 6.35. The van der Waals surface area contributed by atoms with Gasteiger partial charge in [0.15, 0.2) is 11.6 Å². The summed E-state index contributed by atoms with van der Waals surface area (Å²) in [6.07, 6.45) is 3.02. The number of nitrogens with zero attached hydrogens (tertiary/aromatic N) is 5. The van der Waals surface area contributed by atoms with E-state index in [1.807, 2.05) is 0 Å². The standard InChI is InChI=1S/C15H10FN7O2/c16-9-3-5-10(6-4-9)18-12-13(20-15-14(19-12)22-25-23-15)21-17-8-11-2-1-7-24-11/h1-8H,(H,18,19,22)(H,20,21,23). The molecule has 0 spiro atoms. The largest absolute Gasteiger partial charge is 0.463 e. The number of anilines is 3. The van der Waals surface area contributed by atoms with Crippen molar-refractivity contribution in [3.63, 3.8) is 0 Å². The first-order valence-corrected chi connectivity index (χ1v) is 7.13. The molecule has 0 aliphatic carbocycles. The summed E-state index contributed by atoms with van der Waals surface area (Å²) in [5, 5.41) is 14.4. The van der Waals surface area contributed by atoms with Gasteiger partial charge in [0, 0.05) is 5.69 Å². The van der Waals surface area contributed by atoms with E-state index in [9.17, 15) is 4.39 Å². The van der Waals surface area contributed by atoms with Crippen LogP contribution in [-0.4, -0.2) is 26.5 Å². The molecule has 1 aromatic carbocycles. The quantitative estimate of drug-likeness (QED) is 0.421. The smallest absolute Gasteiger partial charge is 0.245 e. The number of nitrogens with one attached hydrogen (secondary N) is 2. The van der Waals surface area contributed by atoms with Crippen LogP contribution in [0.4, 0.5) is 21.7 Å². The van der Waals surface area contributed by atoms with E-state index < -0.39 is 0 Å². The number of rotatable bonds is 5. The van der Waals surface area contributed by atoms with E-state index in [4.69, 9.17) is 4.42 Å². The van der Waals surface area contributed by atoms with Crippen LogP contribution in [0.2, 0.25) is 0 Å². The Labute approximate surface area is 139 Å². The molecule has 10 heteroatoms. The van der Waals surface area contributed by atoms with Gasteiger partial charge in [-0.2, -0.15) is 10.1 Å². The van der Waals surface area contributed by atoms with Gasteiger partial charge in [-0.05, 0) is 46.7 Å². The Morgan fingerprint density at radius 2 is 1.76 bits per heavy atom. The molecule has 0 amide bonds. The first kappa shape index (κ1) is 14.8. The predicted octanol–water partition coefficient (Wildman–Crippen LogP) is 2.93. The summed E-state index contributed by atoms with van der Waals surface area (Å²) >= 11 is 0. The van der Waals surface area contributed by atoms with Crippen molar-refractivity contribution >= 4 is 34.8 Å². The zero-order valence-electron chi connectivity index (χ0n) is 12.5. The summed E-state index contributed by atoms with van der Waals surface area (Å²) in [5.74, 6) is 0.841. The highest BCUT2D eigenvalue weighted by atomic mass is 19.1. The maximum absolute atomic E-state index is 13.0. The monoisotopic (exact) mass is 339 g/mol. The third kappa shape index (κ3) is 3.27. The fraction of sp³-hybridized carbons (Fsp3) is 0. The molecule has 2 N–H and O–H groups in total. The Morgan fingerprint density at radius 3 is 2.48 bits per heavy atom. The second-order valence-corrected chi connectivity index (χ2v) is 4.85. The molecule has 124 valence electrons. The van der Waals surface area contributed by atoms with Gasteiger partial charge in [0.25, 0.3) is 0 Å². The summed E-state index contributed by atoms with van der Waals surface area (Å²) in [6.45, 7) is 0. The van der Waals surface area contributed by atoms with Crippen molar-refractivity contribution in [3.05, 3.63) is 54.2 Å². The Hall–Kier alpha value is -3.82. The molecule has 0 fully saturated rings. The Morgan fingerprint density at radius 1 is 1.00 bits per heavy atom. The number of aromatic nitrogens is 4. The molecular formula is C15H10FN7O2. The summed E-state index contributed by atoms with van der Waals surface area (Å²) in [7, 11) is 0. The van der Waals surface area contributed by atoms with Crippen LogP contribution in [0.1, 0.15) is 5.76 Å². The van der Waals surface area contributed by atoms with Gasteiger partial charge >= 0.3 is 0 Å². The second-order valence-electron chi connectivity index (χ2n) is 4.85. The number of hydrazone groups is 1. The van der Waals surface area contributed by atoms with Crippen molar-refractivity contribution in [2.45, 2.75) is 0 Å². The first-order valence-electron chi connectivity index (χ1n) is 7.13. The van der Waals surface area contributed by atoms with E-state index in [1.165, 1.54) is 24.6 Å². The molecule has 0 aliphatic rings. The number of furan rings is 1. The minimum atomic E-state index is -0.339. The first-order chi connectivity index (χ1) is 12.3. The third-order valence-corrected chi connectivity index (χ3v) is 3.13. The topological polar surface area (TPSA) is 114 Å². The van der Waals surface area contributed by atoms with Crippen molar-refractivity contribution in [1.29, 1.82) is 0 Å². The number of fused-ring (bicyclic) bond motifs is 1. The number of benzene rings is 1. The van der Waals surface area contributed by atoms with Crippen LogP contribution in [0.15, 0.2) is 56.8 Å². The Bertz CT molecular complexity index is 1010. The maximum atomic E-state index is 13.0. The van der Waals surface area contributed by atoms with Gasteiger partial charge < -0.3 is 9.73 Å². The molecule has 0 unspecified atom stereocenters. The normalized spacial score (nSPS) is 11.2. The molecule has 4 aromatic rings.